The van der Waals surface area contributed by atoms with Gasteiger partial charge in [-0.1, -0.05) is 6.92 Å². The highest BCUT2D eigenvalue weighted by atomic mass is 35.5. The predicted octanol–water partition coefficient (Wildman–Crippen LogP) is 3.23. The van der Waals surface area contributed by atoms with Crippen LogP contribution in [0.25, 0.3) is 0 Å². The number of carbonyl (C=O) groups excluding carboxylic acids is 1. The molecule has 1 rings (SSSR count). The molecule has 0 aliphatic heterocycles. The minimum Gasteiger partial charge on any atom is -0.372 e. The van der Waals surface area contributed by atoms with Crippen molar-refractivity contribution in [2.45, 2.75) is 39.7 Å². The lowest BCUT2D eigenvalue weighted by molar-refractivity contribution is 0.0916. The van der Waals surface area contributed by atoms with E-state index >= 15 is 0 Å². The summed E-state index contributed by atoms with van der Waals surface area (Å²) in [5, 5.41) is 2.93. The Morgan fingerprint density at radius 2 is 1.73 bits per heavy atom. The molecule has 1 amide bonds. The van der Waals surface area contributed by atoms with Crippen molar-refractivity contribution in [3.8, 4) is 0 Å². The van der Waals surface area contributed by atoms with E-state index in [1.54, 1.807) is 0 Å². The number of nitrogens with two attached hydrogens (primary N) is 1. The third-order valence-corrected chi connectivity index (χ3v) is 3.33. The van der Waals surface area contributed by atoms with Gasteiger partial charge in [-0.2, -0.15) is 0 Å². The first kappa shape index (κ1) is 23.3. The van der Waals surface area contributed by atoms with E-state index in [-0.39, 0.29) is 36.3 Å². The van der Waals surface area contributed by atoms with Crippen LogP contribution in [0.4, 0.5) is 5.69 Å². The van der Waals surface area contributed by atoms with Crippen molar-refractivity contribution >= 4 is 36.4 Å². The number of nitrogens with one attached hydrogen (secondary N) is 1. The van der Waals surface area contributed by atoms with Crippen LogP contribution in [0.3, 0.4) is 0 Å². The summed E-state index contributed by atoms with van der Waals surface area (Å²) in [6, 6.07) is 7.75. The average Bonchev–Trinajstić information content (AvgIpc) is 2.44. The Balaban J connectivity index is 0. The molecule has 0 saturated carbocycles. The second-order valence-electron chi connectivity index (χ2n) is 5.67. The van der Waals surface area contributed by atoms with E-state index in [1.807, 2.05) is 38.1 Å². The van der Waals surface area contributed by atoms with Crippen LogP contribution in [0.15, 0.2) is 24.3 Å². The van der Waals surface area contributed by atoms with Crippen molar-refractivity contribution in [3.63, 3.8) is 0 Å². The summed E-state index contributed by atoms with van der Waals surface area (Å²) in [4.78, 5) is 14.4. The lowest BCUT2D eigenvalue weighted by Crippen LogP contribution is -2.48. The Morgan fingerprint density at radius 3 is 2.14 bits per heavy atom. The van der Waals surface area contributed by atoms with Crippen LogP contribution in [0, 0.1) is 0 Å². The Hall–Kier alpha value is -0.970. The minimum absolute atomic E-state index is 0. The van der Waals surface area contributed by atoms with E-state index in [1.165, 1.54) is 0 Å². The first-order valence-electron chi connectivity index (χ1n) is 7.31. The lowest BCUT2D eigenvalue weighted by atomic mass is 10.1. The molecule has 0 aliphatic carbocycles. The maximum Gasteiger partial charge on any atom is 0.251 e. The second-order valence-corrected chi connectivity index (χ2v) is 5.67. The van der Waals surface area contributed by atoms with Crippen LogP contribution in [0.1, 0.15) is 44.5 Å². The highest BCUT2D eigenvalue weighted by Crippen LogP contribution is 2.16. The fraction of sp³-hybridized carbons (Fsp3) is 0.562. The highest BCUT2D eigenvalue weighted by molar-refractivity contribution is 5.95. The van der Waals surface area contributed by atoms with Gasteiger partial charge in [0.1, 0.15) is 0 Å². The van der Waals surface area contributed by atoms with Crippen molar-refractivity contribution in [1.29, 1.82) is 0 Å². The molecule has 0 bridgehead atoms. The highest BCUT2D eigenvalue weighted by Gasteiger charge is 2.19. The smallest absolute Gasteiger partial charge is 0.251 e. The van der Waals surface area contributed by atoms with Crippen molar-refractivity contribution in [3.05, 3.63) is 29.8 Å². The number of nitrogens with zero attached hydrogens (tertiary/aromatic N) is 1. The van der Waals surface area contributed by atoms with E-state index in [2.05, 4.69) is 24.1 Å². The zero-order chi connectivity index (χ0) is 15.2. The number of anilines is 1. The van der Waals surface area contributed by atoms with E-state index in [0.717, 1.165) is 25.2 Å². The number of rotatable bonds is 7. The van der Waals surface area contributed by atoms with Gasteiger partial charge in [0.2, 0.25) is 0 Å². The third-order valence-electron chi connectivity index (χ3n) is 3.33. The summed E-state index contributed by atoms with van der Waals surface area (Å²) in [5.74, 6) is -0.0782. The molecule has 0 unspecified atom stereocenters. The molecule has 0 fully saturated rings. The molecule has 22 heavy (non-hydrogen) atoms. The fourth-order valence-corrected chi connectivity index (χ4v) is 1.99. The Bertz CT molecular complexity index is 436. The molecule has 0 aromatic heterocycles. The summed E-state index contributed by atoms with van der Waals surface area (Å²) >= 11 is 0. The second kappa shape index (κ2) is 10.7. The SMILES string of the molecule is CCCN(CC)c1ccc(C(=O)NC(C)(C)CN)cc1.Cl.Cl. The molecule has 1 aromatic rings. The number of hydrogen-bond acceptors (Lipinski definition) is 3. The maximum atomic E-state index is 12.1. The van der Waals surface area contributed by atoms with Gasteiger partial charge in [-0.3, -0.25) is 4.79 Å². The Labute approximate surface area is 146 Å². The summed E-state index contributed by atoms with van der Waals surface area (Å²) in [7, 11) is 0. The Kier molecular flexibility index (Phi) is 11.3. The van der Waals surface area contributed by atoms with Gasteiger partial charge in [0.15, 0.2) is 0 Å². The molecule has 0 aliphatic rings. The fourth-order valence-electron chi connectivity index (χ4n) is 1.99. The molecule has 128 valence electrons. The largest absolute Gasteiger partial charge is 0.372 e. The molecule has 6 heteroatoms. The standard InChI is InChI=1S/C16H27N3O.2ClH/c1-5-11-19(6-2)14-9-7-13(8-10-14)15(20)18-16(3,4)12-17;;/h7-10H,5-6,11-12,17H2,1-4H3,(H,18,20);2*1H. The van der Waals surface area contributed by atoms with E-state index in [4.69, 9.17) is 5.73 Å². The van der Waals surface area contributed by atoms with E-state index < -0.39 is 0 Å². The first-order valence-corrected chi connectivity index (χ1v) is 7.31. The molecule has 3 N–H and O–H groups in total. The maximum absolute atomic E-state index is 12.1. The summed E-state index contributed by atoms with van der Waals surface area (Å²) in [5.41, 5.74) is 7.07. The summed E-state index contributed by atoms with van der Waals surface area (Å²) in [6.45, 7) is 10.6. The van der Waals surface area contributed by atoms with Gasteiger partial charge in [0.25, 0.3) is 5.91 Å². The predicted molar refractivity (Wildman–Crippen MR) is 99.7 cm³/mol. The molecule has 0 radical (unpaired) electrons. The first-order chi connectivity index (χ1) is 9.43. The summed E-state index contributed by atoms with van der Waals surface area (Å²) in [6.07, 6.45) is 1.11. The van der Waals surface area contributed by atoms with Gasteiger partial charge in [0, 0.05) is 36.4 Å². The molecule has 0 atom stereocenters. The molecule has 1 aromatic carbocycles. The van der Waals surface area contributed by atoms with E-state index in [0.29, 0.717) is 12.1 Å². The number of amides is 1. The number of halogens is 2. The quantitative estimate of drug-likeness (QED) is 0.794. The molecule has 4 nitrogen and oxygen atoms in total. The van der Waals surface area contributed by atoms with Gasteiger partial charge in [0.05, 0.1) is 0 Å². The monoisotopic (exact) mass is 349 g/mol. The topological polar surface area (TPSA) is 58.4 Å². The third kappa shape index (κ3) is 6.86. The van der Waals surface area contributed by atoms with Crippen LogP contribution in [0.2, 0.25) is 0 Å². The number of hydrogen-bond donors (Lipinski definition) is 2. The van der Waals surface area contributed by atoms with Gasteiger partial charge in [-0.15, -0.1) is 24.8 Å². The van der Waals surface area contributed by atoms with Gasteiger partial charge >= 0.3 is 0 Å². The Morgan fingerprint density at radius 1 is 1.18 bits per heavy atom. The van der Waals surface area contributed by atoms with Crippen molar-refractivity contribution in [2.75, 3.05) is 24.5 Å². The van der Waals surface area contributed by atoms with E-state index in [9.17, 15) is 4.79 Å². The number of benzene rings is 1. The van der Waals surface area contributed by atoms with Crippen LogP contribution in [0.5, 0.6) is 0 Å². The van der Waals surface area contributed by atoms with Crippen LogP contribution >= 0.6 is 24.8 Å². The molecule has 0 heterocycles. The molecular weight excluding hydrogens is 321 g/mol. The van der Waals surface area contributed by atoms with Crippen LogP contribution < -0.4 is 16.0 Å². The molecular formula is C16H29Cl2N3O. The van der Waals surface area contributed by atoms with Crippen molar-refractivity contribution in [1.82, 2.24) is 5.32 Å². The normalized spacial score (nSPS) is 10.2. The van der Waals surface area contributed by atoms with Gasteiger partial charge in [-0.05, 0) is 51.5 Å². The van der Waals surface area contributed by atoms with Crippen LogP contribution in [-0.4, -0.2) is 31.1 Å². The number of carbonyl (C=O) groups is 1. The summed E-state index contributed by atoms with van der Waals surface area (Å²) < 4.78 is 0. The zero-order valence-corrected chi connectivity index (χ0v) is 15.5. The van der Waals surface area contributed by atoms with Gasteiger partial charge < -0.3 is 16.0 Å². The van der Waals surface area contributed by atoms with Crippen molar-refractivity contribution < 1.29 is 4.79 Å². The molecule has 0 spiro atoms. The molecule has 0 saturated heterocycles. The van der Waals surface area contributed by atoms with Crippen LogP contribution in [-0.2, 0) is 0 Å². The zero-order valence-electron chi connectivity index (χ0n) is 13.9. The lowest BCUT2D eigenvalue weighted by Gasteiger charge is -2.25. The average molecular weight is 350 g/mol. The minimum atomic E-state index is -0.382. The van der Waals surface area contributed by atoms with Gasteiger partial charge in [-0.25, -0.2) is 0 Å². The van der Waals surface area contributed by atoms with Crippen molar-refractivity contribution in [2.24, 2.45) is 5.73 Å².